The summed E-state index contributed by atoms with van der Waals surface area (Å²) in [6, 6.07) is 9.22. The maximum Gasteiger partial charge on any atom is 0.274 e. The van der Waals surface area contributed by atoms with Crippen LogP contribution in [0.15, 0.2) is 36.5 Å². The van der Waals surface area contributed by atoms with E-state index in [1.165, 1.54) is 0 Å². The van der Waals surface area contributed by atoms with Gasteiger partial charge >= 0.3 is 0 Å². The van der Waals surface area contributed by atoms with Crippen molar-refractivity contribution < 1.29 is 9.53 Å². The van der Waals surface area contributed by atoms with Gasteiger partial charge in [0.2, 0.25) is 0 Å². The zero-order valence-corrected chi connectivity index (χ0v) is 11.9. The van der Waals surface area contributed by atoms with Crippen molar-refractivity contribution in [3.8, 4) is 5.69 Å². The molecule has 6 nitrogen and oxygen atoms in total. The SMILES string of the molecule is C[C@@H]1COCCN1C(=O)c1ccn(-c2ccccc2N)n1. The van der Waals surface area contributed by atoms with E-state index in [1.54, 1.807) is 21.8 Å². The lowest BCUT2D eigenvalue weighted by atomic mass is 10.2. The molecule has 1 aliphatic rings. The van der Waals surface area contributed by atoms with Crippen LogP contribution in [0.25, 0.3) is 5.69 Å². The number of aromatic nitrogens is 2. The third kappa shape index (κ3) is 2.62. The fourth-order valence-corrected chi connectivity index (χ4v) is 2.44. The highest BCUT2D eigenvalue weighted by atomic mass is 16.5. The smallest absolute Gasteiger partial charge is 0.274 e. The summed E-state index contributed by atoms with van der Waals surface area (Å²) < 4.78 is 6.98. The quantitative estimate of drug-likeness (QED) is 0.845. The molecule has 1 atom stereocenters. The van der Waals surface area contributed by atoms with Crippen molar-refractivity contribution in [2.75, 3.05) is 25.5 Å². The molecule has 0 bridgehead atoms. The Bertz CT molecular complexity index is 653. The lowest BCUT2D eigenvalue weighted by molar-refractivity contribution is 0.00325. The number of morpholine rings is 1. The number of nitrogens with two attached hydrogens (primary N) is 1. The molecule has 2 aromatic rings. The maximum absolute atomic E-state index is 12.5. The van der Waals surface area contributed by atoms with Crippen LogP contribution in [0.2, 0.25) is 0 Å². The molecule has 0 radical (unpaired) electrons. The van der Waals surface area contributed by atoms with Crippen LogP contribution < -0.4 is 5.73 Å². The van der Waals surface area contributed by atoms with E-state index in [2.05, 4.69) is 5.10 Å². The number of rotatable bonds is 2. The molecule has 2 N–H and O–H groups in total. The molecule has 3 rings (SSSR count). The van der Waals surface area contributed by atoms with E-state index < -0.39 is 0 Å². The second-order valence-corrected chi connectivity index (χ2v) is 5.13. The first-order valence-corrected chi connectivity index (χ1v) is 6.96. The molecule has 1 amide bonds. The fourth-order valence-electron chi connectivity index (χ4n) is 2.44. The van der Waals surface area contributed by atoms with Crippen molar-refractivity contribution in [2.45, 2.75) is 13.0 Å². The average molecular weight is 286 g/mol. The van der Waals surface area contributed by atoms with Gasteiger partial charge in [-0.25, -0.2) is 4.68 Å². The Balaban J connectivity index is 1.85. The van der Waals surface area contributed by atoms with Gasteiger partial charge in [0, 0.05) is 12.7 Å². The Morgan fingerprint density at radius 3 is 2.95 bits per heavy atom. The van der Waals surface area contributed by atoms with Crippen molar-refractivity contribution >= 4 is 11.6 Å². The van der Waals surface area contributed by atoms with Gasteiger partial charge in [-0.15, -0.1) is 0 Å². The van der Waals surface area contributed by atoms with Crippen LogP contribution in [0, 0.1) is 0 Å². The predicted octanol–water partition coefficient (Wildman–Crippen LogP) is 1.32. The van der Waals surface area contributed by atoms with Gasteiger partial charge in [0.1, 0.15) is 0 Å². The number of anilines is 1. The van der Waals surface area contributed by atoms with Crippen LogP contribution >= 0.6 is 0 Å². The first kappa shape index (κ1) is 13.6. The van der Waals surface area contributed by atoms with E-state index in [1.807, 2.05) is 31.2 Å². The highest BCUT2D eigenvalue weighted by Gasteiger charge is 2.26. The first-order valence-electron chi connectivity index (χ1n) is 6.96. The second kappa shape index (κ2) is 5.57. The fraction of sp³-hybridized carbons (Fsp3) is 0.333. The summed E-state index contributed by atoms with van der Waals surface area (Å²) >= 11 is 0. The van der Waals surface area contributed by atoms with Crippen molar-refractivity contribution in [1.82, 2.24) is 14.7 Å². The third-order valence-electron chi connectivity index (χ3n) is 3.62. The molecule has 0 unspecified atom stereocenters. The topological polar surface area (TPSA) is 73.4 Å². The van der Waals surface area contributed by atoms with Gasteiger partial charge in [0.25, 0.3) is 5.91 Å². The summed E-state index contributed by atoms with van der Waals surface area (Å²) in [7, 11) is 0. The summed E-state index contributed by atoms with van der Waals surface area (Å²) in [4.78, 5) is 14.3. The van der Waals surface area contributed by atoms with Gasteiger partial charge in [-0.3, -0.25) is 4.79 Å². The number of ether oxygens (including phenoxy) is 1. The van der Waals surface area contributed by atoms with Gasteiger partial charge in [0.05, 0.1) is 30.6 Å². The number of nitrogens with zero attached hydrogens (tertiary/aromatic N) is 3. The van der Waals surface area contributed by atoms with Gasteiger partial charge in [-0.05, 0) is 25.1 Å². The molecular formula is C15H18N4O2. The zero-order valence-electron chi connectivity index (χ0n) is 11.9. The normalized spacial score (nSPS) is 18.7. The molecule has 1 fully saturated rings. The van der Waals surface area contributed by atoms with E-state index in [4.69, 9.17) is 10.5 Å². The van der Waals surface area contributed by atoms with Crippen molar-refractivity contribution in [3.05, 3.63) is 42.2 Å². The Labute approximate surface area is 123 Å². The number of nitrogen functional groups attached to an aromatic ring is 1. The highest BCUT2D eigenvalue weighted by molar-refractivity contribution is 5.92. The van der Waals surface area contributed by atoms with E-state index >= 15 is 0 Å². The zero-order chi connectivity index (χ0) is 14.8. The number of hydrogen-bond donors (Lipinski definition) is 1. The number of carbonyl (C=O) groups excluding carboxylic acids is 1. The van der Waals surface area contributed by atoms with Crippen molar-refractivity contribution in [3.63, 3.8) is 0 Å². The molecule has 0 aliphatic carbocycles. The van der Waals surface area contributed by atoms with Crippen LogP contribution in [0.4, 0.5) is 5.69 Å². The largest absolute Gasteiger partial charge is 0.397 e. The number of hydrogen-bond acceptors (Lipinski definition) is 4. The Morgan fingerprint density at radius 1 is 1.38 bits per heavy atom. The lowest BCUT2D eigenvalue weighted by Gasteiger charge is -2.32. The molecule has 2 heterocycles. The molecule has 1 saturated heterocycles. The average Bonchev–Trinajstić information content (AvgIpc) is 2.97. The standard InChI is InChI=1S/C15H18N4O2/c1-11-10-21-9-8-18(11)15(20)13-6-7-19(17-13)14-5-3-2-4-12(14)16/h2-7,11H,8-10,16H2,1H3/t11-/m1/s1. The van der Waals surface area contributed by atoms with Crippen LogP contribution in [0.5, 0.6) is 0 Å². The molecule has 1 aromatic carbocycles. The van der Waals surface area contributed by atoms with Crippen LogP contribution in [-0.2, 0) is 4.74 Å². The summed E-state index contributed by atoms with van der Waals surface area (Å²) in [5, 5.41) is 4.36. The minimum Gasteiger partial charge on any atom is -0.397 e. The van der Waals surface area contributed by atoms with Gasteiger partial charge < -0.3 is 15.4 Å². The molecule has 1 aliphatic heterocycles. The second-order valence-electron chi connectivity index (χ2n) is 5.13. The van der Waals surface area contributed by atoms with E-state index in [0.29, 0.717) is 31.1 Å². The summed E-state index contributed by atoms with van der Waals surface area (Å²) in [5.41, 5.74) is 7.75. The van der Waals surface area contributed by atoms with Gasteiger partial charge in [0.15, 0.2) is 5.69 Å². The Hall–Kier alpha value is -2.34. The number of carbonyl (C=O) groups is 1. The molecule has 0 saturated carbocycles. The molecule has 1 aromatic heterocycles. The van der Waals surface area contributed by atoms with Crippen LogP contribution in [0.3, 0.4) is 0 Å². The Kier molecular flexibility index (Phi) is 3.62. The van der Waals surface area contributed by atoms with E-state index in [0.717, 1.165) is 5.69 Å². The van der Waals surface area contributed by atoms with Crippen molar-refractivity contribution in [2.24, 2.45) is 0 Å². The van der Waals surface area contributed by atoms with Crippen LogP contribution in [0.1, 0.15) is 17.4 Å². The number of para-hydroxylation sites is 2. The summed E-state index contributed by atoms with van der Waals surface area (Å²) in [6.45, 7) is 3.71. The number of amides is 1. The lowest BCUT2D eigenvalue weighted by Crippen LogP contribution is -2.47. The number of benzene rings is 1. The predicted molar refractivity (Wildman–Crippen MR) is 79.3 cm³/mol. The summed E-state index contributed by atoms with van der Waals surface area (Å²) in [5.74, 6) is -0.0703. The molecule has 21 heavy (non-hydrogen) atoms. The van der Waals surface area contributed by atoms with Gasteiger partial charge in [-0.1, -0.05) is 12.1 Å². The van der Waals surface area contributed by atoms with Crippen molar-refractivity contribution in [1.29, 1.82) is 0 Å². The van der Waals surface area contributed by atoms with E-state index in [9.17, 15) is 4.79 Å². The van der Waals surface area contributed by atoms with E-state index in [-0.39, 0.29) is 11.9 Å². The Morgan fingerprint density at radius 2 is 2.19 bits per heavy atom. The van der Waals surface area contributed by atoms with Gasteiger partial charge in [-0.2, -0.15) is 5.10 Å². The molecule has 110 valence electrons. The minimum absolute atomic E-state index is 0.0678. The molecule has 0 spiro atoms. The highest BCUT2D eigenvalue weighted by Crippen LogP contribution is 2.17. The monoisotopic (exact) mass is 286 g/mol. The summed E-state index contributed by atoms with van der Waals surface area (Å²) in [6.07, 6.45) is 1.75. The third-order valence-corrected chi connectivity index (χ3v) is 3.62. The molecular weight excluding hydrogens is 268 g/mol. The van der Waals surface area contributed by atoms with Crippen LogP contribution in [-0.4, -0.2) is 46.4 Å². The minimum atomic E-state index is -0.0703. The molecule has 6 heteroatoms. The first-order chi connectivity index (χ1) is 10.2. The maximum atomic E-state index is 12.5.